The maximum absolute atomic E-state index is 13.0. The van der Waals surface area contributed by atoms with E-state index < -0.39 is 5.82 Å². The number of thioether (sulfide) groups is 1. The summed E-state index contributed by atoms with van der Waals surface area (Å²) in [5.41, 5.74) is 1.05. The Labute approximate surface area is 140 Å². The molecule has 2 aromatic carbocycles. The fraction of sp³-hybridized carbons (Fsp3) is 0. The maximum atomic E-state index is 13.0. The summed E-state index contributed by atoms with van der Waals surface area (Å²) in [6, 6.07) is 9.73. The topological polar surface area (TPSA) is 60.8 Å². The number of carbonyl (C=O) groups excluding carboxylic acids is 1. The van der Waals surface area contributed by atoms with Gasteiger partial charge in [-0.2, -0.15) is 0 Å². The predicted octanol–water partition coefficient (Wildman–Crippen LogP) is 3.64. The van der Waals surface area contributed by atoms with Gasteiger partial charge in [-0.25, -0.2) is 4.39 Å². The van der Waals surface area contributed by atoms with E-state index in [9.17, 15) is 19.4 Å². The van der Waals surface area contributed by atoms with Crippen molar-refractivity contribution < 1.29 is 19.4 Å². The molecule has 2 aromatic rings. The lowest BCUT2D eigenvalue weighted by molar-refractivity contribution is -0.113. The molecule has 1 amide bonds. The zero-order chi connectivity index (χ0) is 16.6. The van der Waals surface area contributed by atoms with Gasteiger partial charge in [-0.1, -0.05) is 30.0 Å². The molecule has 1 aliphatic rings. The largest absolute Gasteiger partial charge is 0.504 e. The number of phenols is 2. The number of carbonyl (C=O) groups is 1. The number of amides is 1. The fourth-order valence-electron chi connectivity index (χ4n) is 2.06. The number of phenolic OH excluding ortho intramolecular Hbond substituents is 2. The van der Waals surface area contributed by atoms with Gasteiger partial charge in [0.2, 0.25) is 0 Å². The number of benzene rings is 2. The number of hydrogen-bond acceptors (Lipinski definition) is 5. The molecule has 1 heterocycles. The number of hydrogen-bond donors (Lipinski definition) is 2. The van der Waals surface area contributed by atoms with E-state index in [1.807, 2.05) is 0 Å². The van der Waals surface area contributed by atoms with Crippen LogP contribution in [0.4, 0.5) is 10.1 Å². The second-order valence-corrected chi connectivity index (χ2v) is 6.42. The Bertz CT molecular complexity index is 834. The molecule has 116 valence electrons. The molecule has 1 saturated heterocycles. The minimum Gasteiger partial charge on any atom is -0.504 e. The van der Waals surface area contributed by atoms with Gasteiger partial charge >= 0.3 is 0 Å². The monoisotopic (exact) mass is 347 g/mol. The Morgan fingerprint density at radius 3 is 2.43 bits per heavy atom. The van der Waals surface area contributed by atoms with Crippen molar-refractivity contribution in [2.75, 3.05) is 4.90 Å². The van der Waals surface area contributed by atoms with Crippen LogP contribution in [0.2, 0.25) is 0 Å². The number of thiocarbonyl (C=S) groups is 1. The molecule has 1 fully saturated rings. The second kappa shape index (κ2) is 6.02. The Kier molecular flexibility index (Phi) is 4.06. The summed E-state index contributed by atoms with van der Waals surface area (Å²) in [5, 5.41) is 18.8. The van der Waals surface area contributed by atoms with Gasteiger partial charge in [-0.05, 0) is 48.0 Å². The minimum absolute atomic E-state index is 0.235. The van der Waals surface area contributed by atoms with Gasteiger partial charge in [0.05, 0.1) is 10.6 Å². The molecule has 0 spiro atoms. The first kappa shape index (κ1) is 15.5. The van der Waals surface area contributed by atoms with E-state index in [-0.39, 0.29) is 17.4 Å². The Morgan fingerprint density at radius 2 is 1.78 bits per heavy atom. The van der Waals surface area contributed by atoms with Crippen LogP contribution in [0.1, 0.15) is 5.56 Å². The first-order valence-corrected chi connectivity index (χ1v) is 7.74. The van der Waals surface area contributed by atoms with Gasteiger partial charge in [-0.15, -0.1) is 0 Å². The van der Waals surface area contributed by atoms with E-state index in [4.69, 9.17) is 12.2 Å². The van der Waals surface area contributed by atoms with Crippen LogP contribution in [0.15, 0.2) is 47.4 Å². The lowest BCUT2D eigenvalue weighted by Gasteiger charge is -2.14. The van der Waals surface area contributed by atoms with Crippen molar-refractivity contribution in [3.8, 4) is 11.5 Å². The van der Waals surface area contributed by atoms with Gasteiger partial charge in [0, 0.05) is 0 Å². The number of rotatable bonds is 2. The van der Waals surface area contributed by atoms with Crippen LogP contribution in [0, 0.1) is 5.82 Å². The molecule has 1 aliphatic heterocycles. The molecule has 7 heteroatoms. The zero-order valence-electron chi connectivity index (χ0n) is 11.6. The van der Waals surface area contributed by atoms with Gasteiger partial charge in [0.1, 0.15) is 5.82 Å². The van der Waals surface area contributed by atoms with Crippen molar-refractivity contribution in [3.63, 3.8) is 0 Å². The van der Waals surface area contributed by atoms with Crippen LogP contribution >= 0.6 is 24.0 Å². The molecule has 23 heavy (non-hydrogen) atoms. The van der Waals surface area contributed by atoms with E-state index in [1.165, 1.54) is 41.3 Å². The van der Waals surface area contributed by atoms with Crippen LogP contribution in [0.3, 0.4) is 0 Å². The summed E-state index contributed by atoms with van der Waals surface area (Å²) in [5.74, 6) is -1.22. The molecule has 0 aromatic heterocycles. The first-order valence-electron chi connectivity index (χ1n) is 6.51. The summed E-state index contributed by atoms with van der Waals surface area (Å²) in [6.07, 6.45) is 1.57. The fourth-order valence-corrected chi connectivity index (χ4v) is 3.36. The minimum atomic E-state index is -0.394. The Hall–Kier alpha value is -2.38. The molecule has 0 radical (unpaired) electrons. The highest BCUT2D eigenvalue weighted by atomic mass is 32.2. The van der Waals surface area contributed by atoms with Crippen molar-refractivity contribution in [3.05, 3.63) is 58.8 Å². The summed E-state index contributed by atoms with van der Waals surface area (Å²) in [4.78, 5) is 14.2. The summed E-state index contributed by atoms with van der Waals surface area (Å²) in [6.45, 7) is 0. The third-order valence-corrected chi connectivity index (χ3v) is 4.48. The van der Waals surface area contributed by atoms with Crippen LogP contribution in [-0.2, 0) is 4.79 Å². The molecule has 2 N–H and O–H groups in total. The van der Waals surface area contributed by atoms with E-state index in [0.717, 1.165) is 11.8 Å². The number of aromatic hydroxyl groups is 2. The van der Waals surface area contributed by atoms with Crippen LogP contribution in [-0.4, -0.2) is 20.4 Å². The van der Waals surface area contributed by atoms with E-state index in [2.05, 4.69) is 0 Å². The quantitative estimate of drug-likeness (QED) is 0.493. The molecule has 0 unspecified atom stereocenters. The zero-order valence-corrected chi connectivity index (χ0v) is 13.2. The van der Waals surface area contributed by atoms with Crippen molar-refractivity contribution in [1.82, 2.24) is 0 Å². The third kappa shape index (κ3) is 3.06. The summed E-state index contributed by atoms with van der Waals surface area (Å²) in [7, 11) is 0. The average Bonchev–Trinajstić information content (AvgIpc) is 2.79. The highest BCUT2D eigenvalue weighted by molar-refractivity contribution is 8.27. The lowest BCUT2D eigenvalue weighted by Crippen LogP contribution is -2.27. The van der Waals surface area contributed by atoms with Gasteiger partial charge < -0.3 is 10.2 Å². The number of anilines is 1. The predicted molar refractivity (Wildman–Crippen MR) is 91.8 cm³/mol. The molecule has 4 nitrogen and oxygen atoms in total. The third-order valence-electron chi connectivity index (χ3n) is 3.18. The Morgan fingerprint density at radius 1 is 1.09 bits per heavy atom. The average molecular weight is 347 g/mol. The van der Waals surface area contributed by atoms with Crippen LogP contribution < -0.4 is 4.90 Å². The first-order chi connectivity index (χ1) is 11.0. The summed E-state index contributed by atoms with van der Waals surface area (Å²) >= 11 is 6.33. The lowest BCUT2D eigenvalue weighted by atomic mass is 10.2. The molecular weight excluding hydrogens is 337 g/mol. The van der Waals surface area contributed by atoms with Crippen LogP contribution in [0.25, 0.3) is 6.08 Å². The highest BCUT2D eigenvalue weighted by Crippen LogP contribution is 2.36. The second-order valence-electron chi connectivity index (χ2n) is 4.74. The van der Waals surface area contributed by atoms with Crippen LogP contribution in [0.5, 0.6) is 11.5 Å². The Balaban J connectivity index is 1.92. The normalized spacial score (nSPS) is 16.4. The van der Waals surface area contributed by atoms with Crippen molar-refractivity contribution in [1.29, 1.82) is 0 Å². The van der Waals surface area contributed by atoms with E-state index in [0.29, 0.717) is 20.5 Å². The van der Waals surface area contributed by atoms with Crippen molar-refractivity contribution >= 4 is 46.0 Å². The molecule has 0 saturated carbocycles. The SMILES string of the molecule is O=C1/C(=C/c2ccc(O)c(O)c2)SC(=S)N1c1ccc(F)cc1. The molecular formula is C16H10FNO3S2. The molecule has 0 atom stereocenters. The molecule has 0 bridgehead atoms. The van der Waals surface area contributed by atoms with Gasteiger partial charge in [0.15, 0.2) is 15.8 Å². The maximum Gasteiger partial charge on any atom is 0.270 e. The smallest absolute Gasteiger partial charge is 0.270 e. The number of halogens is 1. The van der Waals surface area contributed by atoms with E-state index in [1.54, 1.807) is 12.1 Å². The van der Waals surface area contributed by atoms with Gasteiger partial charge in [0.25, 0.3) is 5.91 Å². The van der Waals surface area contributed by atoms with Crippen molar-refractivity contribution in [2.45, 2.75) is 0 Å². The molecule has 3 rings (SSSR count). The van der Waals surface area contributed by atoms with Crippen molar-refractivity contribution in [2.24, 2.45) is 0 Å². The molecule has 0 aliphatic carbocycles. The van der Waals surface area contributed by atoms with E-state index >= 15 is 0 Å². The van der Waals surface area contributed by atoms with Gasteiger partial charge in [-0.3, -0.25) is 9.69 Å². The highest BCUT2D eigenvalue weighted by Gasteiger charge is 2.33. The summed E-state index contributed by atoms with van der Waals surface area (Å²) < 4.78 is 13.3. The standard InChI is InChI=1S/C16H10FNO3S2/c17-10-2-4-11(5-3-10)18-15(21)14(23-16(18)22)8-9-1-6-12(19)13(20)7-9/h1-8,19-20H/b14-8-. The number of nitrogens with zero attached hydrogens (tertiary/aromatic N) is 1.